The van der Waals surface area contributed by atoms with Gasteiger partial charge in [-0.1, -0.05) is 39.5 Å². The van der Waals surface area contributed by atoms with Crippen molar-refractivity contribution in [1.29, 1.82) is 0 Å². The predicted octanol–water partition coefficient (Wildman–Crippen LogP) is 8.82. The van der Waals surface area contributed by atoms with Crippen molar-refractivity contribution < 1.29 is 18.3 Å². The van der Waals surface area contributed by atoms with E-state index in [1.165, 1.54) is 19.3 Å². The summed E-state index contributed by atoms with van der Waals surface area (Å²) in [6.45, 7) is 20.5. The molecule has 12 heteroatoms. The molecule has 0 saturated carbocycles. The number of ether oxygens (including phenoxy) is 1. The highest BCUT2D eigenvalue weighted by molar-refractivity contribution is 7.41. The molecular weight excluding hydrogens is 613 g/mol. The third kappa shape index (κ3) is 14.4. The molecule has 47 heavy (non-hydrogen) atoms. The molecule has 0 aliphatic carbocycles. The first-order valence-corrected chi connectivity index (χ1v) is 18.5. The molecular formula is C35H62N7O4P. The van der Waals surface area contributed by atoms with Crippen LogP contribution >= 0.6 is 8.60 Å². The maximum absolute atomic E-state index is 6.01. The van der Waals surface area contributed by atoms with Crippen molar-refractivity contribution in [3.63, 3.8) is 0 Å². The molecule has 3 rings (SSSR count). The minimum Gasteiger partial charge on any atom is -0.467 e. The summed E-state index contributed by atoms with van der Waals surface area (Å²) in [4.78, 5) is 19.3. The third-order valence-corrected chi connectivity index (χ3v) is 9.51. The van der Waals surface area contributed by atoms with Gasteiger partial charge < -0.3 is 34.2 Å². The lowest BCUT2D eigenvalue weighted by atomic mass is 10.0. The van der Waals surface area contributed by atoms with Gasteiger partial charge in [0.05, 0.1) is 11.2 Å². The summed E-state index contributed by atoms with van der Waals surface area (Å²) in [5, 5.41) is 7.10. The van der Waals surface area contributed by atoms with Crippen LogP contribution in [0.2, 0.25) is 0 Å². The number of aromatic nitrogens is 3. The Bertz CT molecular complexity index is 1200. The topological polar surface area (TPSA) is 106 Å². The Kier molecular flexibility index (Phi) is 15.4. The molecule has 11 nitrogen and oxygen atoms in total. The second-order valence-corrected chi connectivity index (χ2v) is 15.8. The lowest BCUT2D eigenvalue weighted by Crippen LogP contribution is -2.42. The molecule has 1 fully saturated rings. The Hall–Kier alpha value is -2.30. The molecule has 0 amide bonds. The summed E-state index contributed by atoms with van der Waals surface area (Å²) < 4.78 is 23.9. The first kappa shape index (κ1) is 39.1. The van der Waals surface area contributed by atoms with Crippen molar-refractivity contribution >= 4 is 32.1 Å². The molecule has 1 aromatic carbocycles. The van der Waals surface area contributed by atoms with Gasteiger partial charge in [0, 0.05) is 24.8 Å². The van der Waals surface area contributed by atoms with Crippen LogP contribution in [0.25, 0.3) is 0 Å². The fraction of sp³-hybridized carbons (Fsp3) is 0.743. The summed E-state index contributed by atoms with van der Waals surface area (Å²) in [6, 6.07) is 6.62. The second-order valence-electron chi connectivity index (χ2n) is 14.7. The molecule has 1 unspecified atom stereocenters. The lowest BCUT2D eigenvalue weighted by Gasteiger charge is -2.35. The highest BCUT2D eigenvalue weighted by Gasteiger charge is 2.28. The van der Waals surface area contributed by atoms with E-state index in [1.807, 2.05) is 66.7 Å². The van der Waals surface area contributed by atoms with Crippen molar-refractivity contribution in [1.82, 2.24) is 19.9 Å². The van der Waals surface area contributed by atoms with Crippen LogP contribution in [-0.2, 0) is 13.6 Å². The molecule has 0 bridgehead atoms. The zero-order valence-corrected chi connectivity index (χ0v) is 31.9. The number of nitrogens with one attached hydrogen (secondary N) is 2. The van der Waals surface area contributed by atoms with Gasteiger partial charge in [0.2, 0.25) is 17.8 Å². The normalized spacial score (nSPS) is 15.6. The summed E-state index contributed by atoms with van der Waals surface area (Å²) in [7, 11) is 2.70. The average Bonchev–Trinajstić information content (AvgIpc) is 2.97. The minimum atomic E-state index is -1.59. The predicted molar refractivity (Wildman–Crippen MR) is 195 cm³/mol. The molecule has 0 radical (unpaired) electrons. The van der Waals surface area contributed by atoms with E-state index in [-0.39, 0.29) is 6.79 Å². The van der Waals surface area contributed by atoms with Crippen LogP contribution in [0.3, 0.4) is 0 Å². The highest BCUT2D eigenvalue weighted by Crippen LogP contribution is 2.47. The SMILES string of the molecule is CCCCCC(CCC)Nc1nc(Nc2ccc(OCOP(OC(C)(C)C)OC(C)(C)C)c(C)c2)nc(N(C)C2CCN(C)CC2)n1. The number of benzene rings is 1. The zero-order chi connectivity index (χ0) is 34.6. The van der Waals surface area contributed by atoms with Crippen molar-refractivity contribution in [3.05, 3.63) is 23.8 Å². The van der Waals surface area contributed by atoms with Gasteiger partial charge in [-0.15, -0.1) is 0 Å². The number of piperidine rings is 1. The fourth-order valence-corrected chi connectivity index (χ4v) is 6.49. The van der Waals surface area contributed by atoms with Crippen molar-refractivity contribution in [2.75, 3.05) is 49.5 Å². The average molecular weight is 676 g/mol. The quantitative estimate of drug-likeness (QED) is 0.0899. The van der Waals surface area contributed by atoms with Crippen molar-refractivity contribution in [3.8, 4) is 5.75 Å². The number of unbranched alkanes of at least 4 members (excludes halogenated alkanes) is 2. The number of anilines is 4. The summed E-state index contributed by atoms with van der Waals surface area (Å²) in [5.74, 6) is 2.53. The molecule has 2 N–H and O–H groups in total. The van der Waals surface area contributed by atoms with Crippen LogP contribution in [0, 0.1) is 6.92 Å². The summed E-state index contributed by atoms with van der Waals surface area (Å²) in [5.41, 5.74) is 1.01. The first-order valence-electron chi connectivity index (χ1n) is 17.4. The van der Waals surface area contributed by atoms with Gasteiger partial charge in [0.25, 0.3) is 0 Å². The van der Waals surface area contributed by atoms with Crippen LogP contribution in [0.15, 0.2) is 18.2 Å². The second kappa shape index (κ2) is 18.5. The molecule has 1 atom stereocenters. The van der Waals surface area contributed by atoms with Crippen LogP contribution in [0.1, 0.15) is 112 Å². The monoisotopic (exact) mass is 675 g/mol. The fourth-order valence-electron chi connectivity index (χ4n) is 5.32. The number of likely N-dealkylation sites (tertiary alicyclic amines) is 1. The van der Waals surface area contributed by atoms with E-state index in [0.29, 0.717) is 35.7 Å². The van der Waals surface area contributed by atoms with E-state index in [0.717, 1.165) is 56.4 Å². The standard InChI is InChI=1S/C35H62N7O4P/c1-12-14-15-17-27(16-13-2)36-31-38-32(40-33(39-31)42(11)29-20-22-41(10)23-21-29)37-28-18-19-30(26(3)24-28)43-25-44-47(45-34(4,5)6)46-35(7,8)9/h18-19,24,27,29H,12-17,20-23,25H2,1-11H3,(H2,36,37,38,39,40). The van der Waals surface area contributed by atoms with E-state index < -0.39 is 19.8 Å². The van der Waals surface area contributed by atoms with Gasteiger partial charge in [-0.05, 0) is 118 Å². The van der Waals surface area contributed by atoms with E-state index in [1.54, 1.807) is 0 Å². The van der Waals surface area contributed by atoms with E-state index in [2.05, 4.69) is 48.4 Å². The number of nitrogens with zero attached hydrogens (tertiary/aromatic N) is 5. The molecule has 1 saturated heterocycles. The van der Waals surface area contributed by atoms with Gasteiger partial charge in [-0.2, -0.15) is 15.0 Å². The molecule has 1 aromatic heterocycles. The number of rotatable bonds is 18. The molecule has 2 heterocycles. The lowest BCUT2D eigenvalue weighted by molar-refractivity contribution is 0.00837. The molecule has 2 aromatic rings. The van der Waals surface area contributed by atoms with Crippen LogP contribution in [0.5, 0.6) is 5.75 Å². The van der Waals surface area contributed by atoms with Crippen LogP contribution in [-0.4, -0.2) is 77.1 Å². The van der Waals surface area contributed by atoms with E-state index >= 15 is 0 Å². The van der Waals surface area contributed by atoms with Gasteiger partial charge >= 0.3 is 8.60 Å². The Labute approximate surface area is 285 Å². The summed E-state index contributed by atoms with van der Waals surface area (Å²) in [6.07, 6.45) is 9.09. The van der Waals surface area contributed by atoms with Crippen LogP contribution in [0.4, 0.5) is 23.5 Å². The van der Waals surface area contributed by atoms with Crippen molar-refractivity contribution in [2.24, 2.45) is 0 Å². The Morgan fingerprint density at radius 1 is 0.936 bits per heavy atom. The van der Waals surface area contributed by atoms with Gasteiger partial charge in [-0.25, -0.2) is 0 Å². The van der Waals surface area contributed by atoms with Gasteiger partial charge in [-0.3, -0.25) is 4.52 Å². The van der Waals surface area contributed by atoms with E-state index in [9.17, 15) is 0 Å². The molecule has 0 spiro atoms. The van der Waals surface area contributed by atoms with Crippen molar-refractivity contribution in [2.45, 2.75) is 137 Å². The molecule has 1 aliphatic rings. The highest BCUT2D eigenvalue weighted by atomic mass is 31.2. The summed E-state index contributed by atoms with van der Waals surface area (Å²) >= 11 is 0. The largest absolute Gasteiger partial charge is 0.467 e. The Morgan fingerprint density at radius 2 is 1.60 bits per heavy atom. The Morgan fingerprint density at radius 3 is 2.19 bits per heavy atom. The van der Waals surface area contributed by atoms with Gasteiger partial charge in [0.1, 0.15) is 5.75 Å². The minimum absolute atomic E-state index is 0.0117. The maximum atomic E-state index is 6.01. The molecule has 266 valence electrons. The molecule has 1 aliphatic heterocycles. The Balaban J connectivity index is 1.76. The number of aryl methyl sites for hydroxylation is 1. The van der Waals surface area contributed by atoms with Gasteiger partial charge in [0.15, 0.2) is 6.79 Å². The van der Waals surface area contributed by atoms with Crippen LogP contribution < -0.4 is 20.3 Å². The van der Waals surface area contributed by atoms with E-state index in [4.69, 9.17) is 33.3 Å². The smallest absolute Gasteiger partial charge is 0.336 e. The number of hydrogen-bond acceptors (Lipinski definition) is 11. The third-order valence-electron chi connectivity index (χ3n) is 7.80. The first-order chi connectivity index (χ1) is 22.2. The number of hydrogen-bond donors (Lipinski definition) is 2. The zero-order valence-electron chi connectivity index (χ0n) is 31.0. The maximum Gasteiger partial charge on any atom is 0.336 e.